The second-order valence-electron chi connectivity index (χ2n) is 5.18. The Balaban J connectivity index is 0.00000242. The van der Waals surface area contributed by atoms with Crippen molar-refractivity contribution in [2.24, 2.45) is 5.92 Å². The smallest absolute Gasteiger partial charge is 0.387 e. The Kier molecular flexibility index (Phi) is 8.12. The number of amides is 1. The summed E-state index contributed by atoms with van der Waals surface area (Å²) in [6, 6.07) is 6.37. The zero-order valence-corrected chi connectivity index (χ0v) is 13.0. The normalized spacial score (nSPS) is 17.7. The number of piperidine rings is 1. The molecule has 0 radical (unpaired) electrons. The minimum absolute atomic E-state index is 0. The van der Waals surface area contributed by atoms with Crippen molar-refractivity contribution in [1.29, 1.82) is 0 Å². The van der Waals surface area contributed by atoms with Crippen molar-refractivity contribution in [1.82, 2.24) is 10.6 Å². The van der Waals surface area contributed by atoms with Crippen molar-refractivity contribution < 1.29 is 18.3 Å². The van der Waals surface area contributed by atoms with E-state index in [0.29, 0.717) is 18.0 Å². The summed E-state index contributed by atoms with van der Waals surface area (Å²) in [5.74, 6) is 0.322. The van der Waals surface area contributed by atoms with Crippen LogP contribution in [-0.4, -0.2) is 32.2 Å². The van der Waals surface area contributed by atoms with Gasteiger partial charge in [-0.1, -0.05) is 18.2 Å². The highest BCUT2D eigenvalue weighted by molar-refractivity contribution is 5.85. The summed E-state index contributed by atoms with van der Waals surface area (Å²) in [6.45, 7) is -0.333. The van der Waals surface area contributed by atoms with Gasteiger partial charge in [0.25, 0.3) is 0 Å². The molecule has 0 aliphatic carbocycles. The first-order valence-corrected chi connectivity index (χ1v) is 7.15. The molecule has 1 atom stereocenters. The maximum atomic E-state index is 12.3. The van der Waals surface area contributed by atoms with Crippen molar-refractivity contribution in [3.05, 3.63) is 29.8 Å². The fraction of sp³-hybridized carbons (Fsp3) is 0.533. The van der Waals surface area contributed by atoms with Gasteiger partial charge < -0.3 is 15.4 Å². The van der Waals surface area contributed by atoms with Crippen LogP contribution in [0.5, 0.6) is 5.75 Å². The monoisotopic (exact) mass is 334 g/mol. The number of halogens is 3. The van der Waals surface area contributed by atoms with Gasteiger partial charge in [-0.3, -0.25) is 4.79 Å². The second kappa shape index (κ2) is 9.58. The molecule has 0 bridgehead atoms. The third-order valence-electron chi connectivity index (χ3n) is 3.53. The third kappa shape index (κ3) is 6.15. The molecule has 0 spiro atoms. The molecule has 1 aliphatic rings. The first-order chi connectivity index (χ1) is 10.1. The van der Waals surface area contributed by atoms with E-state index in [-0.39, 0.29) is 30.5 Å². The molecule has 1 fully saturated rings. The summed E-state index contributed by atoms with van der Waals surface area (Å²) >= 11 is 0. The molecule has 7 heteroatoms. The summed E-state index contributed by atoms with van der Waals surface area (Å²) in [5, 5.41) is 6.14. The number of para-hydroxylation sites is 1. The van der Waals surface area contributed by atoms with Crippen molar-refractivity contribution in [2.45, 2.75) is 25.9 Å². The molecule has 0 aromatic heterocycles. The molecule has 2 rings (SSSR count). The summed E-state index contributed by atoms with van der Waals surface area (Å²) in [6.07, 6.45) is 2.26. The first-order valence-electron chi connectivity index (χ1n) is 7.15. The van der Waals surface area contributed by atoms with Crippen molar-refractivity contribution in [3.8, 4) is 5.75 Å². The first kappa shape index (κ1) is 18.6. The third-order valence-corrected chi connectivity index (χ3v) is 3.53. The molecule has 1 aliphatic heterocycles. The maximum Gasteiger partial charge on any atom is 0.387 e. The summed E-state index contributed by atoms with van der Waals surface area (Å²) in [7, 11) is 0. The molecule has 1 aromatic carbocycles. The number of nitrogens with one attached hydrogen (secondary N) is 2. The van der Waals surface area contributed by atoms with E-state index in [1.54, 1.807) is 18.2 Å². The molecule has 4 nitrogen and oxygen atoms in total. The minimum Gasteiger partial charge on any atom is -0.435 e. The quantitative estimate of drug-likeness (QED) is 0.839. The van der Waals surface area contributed by atoms with Crippen LogP contribution < -0.4 is 15.4 Å². The van der Waals surface area contributed by atoms with E-state index in [9.17, 15) is 13.6 Å². The van der Waals surface area contributed by atoms with Gasteiger partial charge >= 0.3 is 6.61 Å². The Morgan fingerprint density at radius 1 is 1.41 bits per heavy atom. The number of hydrogen-bond donors (Lipinski definition) is 2. The second-order valence-corrected chi connectivity index (χ2v) is 5.18. The summed E-state index contributed by atoms with van der Waals surface area (Å²) in [4.78, 5) is 11.9. The predicted molar refractivity (Wildman–Crippen MR) is 82.6 cm³/mol. The van der Waals surface area contributed by atoms with Crippen molar-refractivity contribution >= 4 is 18.3 Å². The molecule has 124 valence electrons. The van der Waals surface area contributed by atoms with Gasteiger partial charge in [0.2, 0.25) is 5.91 Å². The highest BCUT2D eigenvalue weighted by Crippen LogP contribution is 2.20. The molecule has 2 N–H and O–H groups in total. The fourth-order valence-corrected chi connectivity index (χ4v) is 2.45. The van der Waals surface area contributed by atoms with Gasteiger partial charge in [-0.2, -0.15) is 8.78 Å². The highest BCUT2D eigenvalue weighted by Gasteiger charge is 2.15. The Morgan fingerprint density at radius 2 is 2.18 bits per heavy atom. The molecular formula is C15H21ClF2N2O2. The van der Waals surface area contributed by atoms with Crippen LogP contribution in [0.1, 0.15) is 18.4 Å². The lowest BCUT2D eigenvalue weighted by Crippen LogP contribution is -2.38. The topological polar surface area (TPSA) is 50.4 Å². The van der Waals surface area contributed by atoms with E-state index in [2.05, 4.69) is 15.4 Å². The molecular weight excluding hydrogens is 314 g/mol. The molecule has 0 saturated carbocycles. The lowest BCUT2D eigenvalue weighted by atomic mass is 9.99. The average Bonchev–Trinajstić information content (AvgIpc) is 2.48. The van der Waals surface area contributed by atoms with E-state index in [1.807, 2.05) is 0 Å². The molecule has 22 heavy (non-hydrogen) atoms. The van der Waals surface area contributed by atoms with Crippen LogP contribution in [0.4, 0.5) is 8.78 Å². The molecule has 1 saturated heterocycles. The molecule has 1 aromatic rings. The number of rotatable bonds is 6. The van der Waals surface area contributed by atoms with Gasteiger partial charge in [0.15, 0.2) is 0 Å². The number of alkyl halides is 2. The number of carbonyl (C=O) groups excluding carboxylic acids is 1. The van der Waals surface area contributed by atoms with E-state index in [4.69, 9.17) is 0 Å². The van der Waals surface area contributed by atoms with Gasteiger partial charge in [0.1, 0.15) is 5.75 Å². The Labute approximate surface area is 135 Å². The lowest BCUT2D eigenvalue weighted by molar-refractivity contribution is -0.120. The standard InChI is InChI=1S/C15H20F2N2O2.ClH/c16-15(17)21-13-6-2-1-5-12(13)8-14(20)19-10-11-4-3-7-18-9-11;/h1-2,5-6,11,15,18H,3-4,7-10H2,(H,19,20);1H. The molecule has 1 amide bonds. The highest BCUT2D eigenvalue weighted by atomic mass is 35.5. The van der Waals surface area contributed by atoms with E-state index < -0.39 is 6.61 Å². The van der Waals surface area contributed by atoms with Crippen LogP contribution >= 0.6 is 12.4 Å². The number of ether oxygens (including phenoxy) is 1. The summed E-state index contributed by atoms with van der Waals surface area (Å²) < 4.78 is 29.0. The predicted octanol–water partition coefficient (Wildman–Crippen LogP) is 2.37. The Morgan fingerprint density at radius 3 is 2.86 bits per heavy atom. The lowest BCUT2D eigenvalue weighted by Gasteiger charge is -2.22. The summed E-state index contributed by atoms with van der Waals surface area (Å²) in [5.41, 5.74) is 0.470. The fourth-order valence-electron chi connectivity index (χ4n) is 2.45. The number of benzene rings is 1. The van der Waals surface area contributed by atoms with Gasteiger partial charge in [0, 0.05) is 12.1 Å². The van der Waals surface area contributed by atoms with E-state index in [1.165, 1.54) is 6.07 Å². The van der Waals surface area contributed by atoms with Crippen LogP contribution in [0.15, 0.2) is 24.3 Å². The zero-order valence-electron chi connectivity index (χ0n) is 12.2. The Hall–Kier alpha value is -1.40. The van der Waals surface area contributed by atoms with Crippen molar-refractivity contribution in [2.75, 3.05) is 19.6 Å². The van der Waals surface area contributed by atoms with Crippen LogP contribution in [0.3, 0.4) is 0 Å². The van der Waals surface area contributed by atoms with Gasteiger partial charge in [-0.25, -0.2) is 0 Å². The SMILES string of the molecule is Cl.O=C(Cc1ccccc1OC(F)F)NCC1CCCNC1. The number of carbonyl (C=O) groups is 1. The average molecular weight is 335 g/mol. The minimum atomic E-state index is -2.89. The zero-order chi connectivity index (χ0) is 15.1. The van der Waals surface area contributed by atoms with Crippen LogP contribution in [0.2, 0.25) is 0 Å². The van der Waals surface area contributed by atoms with Crippen LogP contribution in [0, 0.1) is 5.92 Å². The largest absolute Gasteiger partial charge is 0.435 e. The van der Waals surface area contributed by atoms with Crippen LogP contribution in [-0.2, 0) is 11.2 Å². The van der Waals surface area contributed by atoms with Gasteiger partial charge in [0.05, 0.1) is 6.42 Å². The van der Waals surface area contributed by atoms with Gasteiger partial charge in [-0.15, -0.1) is 12.4 Å². The number of hydrogen-bond acceptors (Lipinski definition) is 3. The van der Waals surface area contributed by atoms with E-state index in [0.717, 1.165) is 25.9 Å². The maximum absolute atomic E-state index is 12.3. The van der Waals surface area contributed by atoms with Crippen molar-refractivity contribution in [3.63, 3.8) is 0 Å². The Bertz CT molecular complexity index is 469. The molecule has 1 heterocycles. The van der Waals surface area contributed by atoms with Gasteiger partial charge in [-0.05, 0) is 37.9 Å². The van der Waals surface area contributed by atoms with E-state index >= 15 is 0 Å². The molecule has 1 unspecified atom stereocenters. The van der Waals surface area contributed by atoms with Crippen LogP contribution in [0.25, 0.3) is 0 Å².